The van der Waals surface area contributed by atoms with Crippen LogP contribution < -0.4 is 4.74 Å². The summed E-state index contributed by atoms with van der Waals surface area (Å²) in [5.41, 5.74) is 0.422. The molecule has 2 heterocycles. The number of nitrogens with zero attached hydrogens (tertiary/aromatic N) is 2. The van der Waals surface area contributed by atoms with E-state index in [9.17, 15) is 35.9 Å². The number of likely N-dealkylation sites (tertiary alicyclic amines) is 2. The molecule has 7 nitrogen and oxygen atoms in total. The number of alkyl halides is 6. The van der Waals surface area contributed by atoms with Crippen molar-refractivity contribution in [2.24, 2.45) is 0 Å². The molecule has 2 fully saturated rings. The first kappa shape index (κ1) is 29.2. The Labute approximate surface area is 214 Å². The van der Waals surface area contributed by atoms with Crippen molar-refractivity contribution in [3.05, 3.63) is 28.8 Å². The van der Waals surface area contributed by atoms with E-state index in [1.807, 2.05) is 0 Å². The van der Waals surface area contributed by atoms with Crippen LogP contribution in [-0.4, -0.2) is 77.2 Å². The number of amides is 1. The van der Waals surface area contributed by atoms with Crippen molar-refractivity contribution in [3.63, 3.8) is 0 Å². The van der Waals surface area contributed by atoms with Gasteiger partial charge in [-0.15, -0.1) is 0 Å². The molecule has 37 heavy (non-hydrogen) atoms. The summed E-state index contributed by atoms with van der Waals surface area (Å²) in [5.74, 6) is -0.428. The number of carboxylic acids is 1. The smallest absolute Gasteiger partial charge is 0.434 e. The second-order valence-electron chi connectivity index (χ2n) is 9.18. The van der Waals surface area contributed by atoms with E-state index >= 15 is 0 Å². The Kier molecular flexibility index (Phi) is 9.10. The van der Waals surface area contributed by atoms with E-state index in [2.05, 4.69) is 9.64 Å². The van der Waals surface area contributed by atoms with E-state index in [-0.39, 0.29) is 31.7 Å². The zero-order chi connectivity index (χ0) is 27.4. The molecule has 2 saturated heterocycles. The fourth-order valence-electron chi connectivity index (χ4n) is 4.81. The van der Waals surface area contributed by atoms with Crippen LogP contribution in [0.1, 0.15) is 44.1 Å². The maximum absolute atomic E-state index is 12.8. The van der Waals surface area contributed by atoms with E-state index in [1.165, 1.54) is 0 Å². The Balaban J connectivity index is 1.63. The molecule has 1 spiro atoms. The average Bonchev–Trinajstić information content (AvgIpc) is 3.16. The molecule has 1 N–H and O–H groups in total. The number of carbonyl (C=O) groups excluding carboxylic acids is 1. The second-order valence-corrected chi connectivity index (χ2v) is 9.62. The van der Waals surface area contributed by atoms with Gasteiger partial charge >= 0.3 is 24.4 Å². The molecular formula is C23H27ClF6N2O5. The third-order valence-corrected chi connectivity index (χ3v) is 6.92. The van der Waals surface area contributed by atoms with Crippen molar-refractivity contribution >= 4 is 23.7 Å². The summed E-state index contributed by atoms with van der Waals surface area (Å²) in [6.45, 7) is 1.24. The number of ether oxygens (including phenoxy) is 2. The normalized spacial score (nSPS) is 18.4. The molecule has 0 bridgehead atoms. The highest BCUT2D eigenvalue weighted by atomic mass is 35.5. The van der Waals surface area contributed by atoms with Crippen LogP contribution in [-0.2, 0) is 16.1 Å². The SMILES string of the molecule is O=C(O)CCCOc1cc(Cl)ccc1CN1CCCC12CCN(C(=O)OC(C(F)(F)F)C(F)(F)F)CC2. The van der Waals surface area contributed by atoms with E-state index in [0.29, 0.717) is 43.1 Å². The lowest BCUT2D eigenvalue weighted by Crippen LogP contribution is -2.54. The van der Waals surface area contributed by atoms with Gasteiger partial charge < -0.3 is 19.5 Å². The van der Waals surface area contributed by atoms with Gasteiger partial charge in [-0.25, -0.2) is 4.79 Å². The summed E-state index contributed by atoms with van der Waals surface area (Å²) in [5, 5.41) is 9.23. The molecule has 1 aromatic carbocycles. The lowest BCUT2D eigenvalue weighted by Gasteiger charge is -2.45. The minimum Gasteiger partial charge on any atom is -0.493 e. The van der Waals surface area contributed by atoms with Crippen molar-refractivity contribution in [1.82, 2.24) is 9.80 Å². The van der Waals surface area contributed by atoms with Crippen molar-refractivity contribution in [2.45, 2.75) is 69.1 Å². The summed E-state index contributed by atoms with van der Waals surface area (Å²) < 4.78 is 86.2. The highest BCUT2D eigenvalue weighted by Gasteiger charge is 2.60. The average molecular weight is 561 g/mol. The first-order chi connectivity index (χ1) is 17.2. The summed E-state index contributed by atoms with van der Waals surface area (Å²) in [6.07, 6.45) is -14.8. The van der Waals surface area contributed by atoms with E-state index in [0.717, 1.165) is 23.3 Å². The zero-order valence-corrected chi connectivity index (χ0v) is 20.5. The highest BCUT2D eigenvalue weighted by Crippen LogP contribution is 2.41. The van der Waals surface area contributed by atoms with Gasteiger partial charge in [-0.2, -0.15) is 26.3 Å². The third-order valence-electron chi connectivity index (χ3n) is 6.69. The first-order valence-corrected chi connectivity index (χ1v) is 12.1. The molecule has 2 aliphatic rings. The third kappa shape index (κ3) is 7.56. The predicted octanol–water partition coefficient (Wildman–Crippen LogP) is 5.64. The number of halogens is 7. The molecule has 0 aromatic heterocycles. The summed E-state index contributed by atoms with van der Waals surface area (Å²) >= 11 is 6.10. The van der Waals surface area contributed by atoms with Gasteiger partial charge in [0.15, 0.2) is 0 Å². The van der Waals surface area contributed by atoms with Crippen LogP contribution in [0.5, 0.6) is 5.75 Å². The molecule has 14 heteroatoms. The van der Waals surface area contributed by atoms with Crippen LogP contribution >= 0.6 is 11.6 Å². The van der Waals surface area contributed by atoms with Gasteiger partial charge in [0.2, 0.25) is 0 Å². The molecule has 3 rings (SSSR count). The van der Waals surface area contributed by atoms with Gasteiger partial charge in [0.1, 0.15) is 5.75 Å². The molecule has 2 aliphatic heterocycles. The highest BCUT2D eigenvalue weighted by molar-refractivity contribution is 6.30. The van der Waals surface area contributed by atoms with Crippen molar-refractivity contribution in [1.29, 1.82) is 0 Å². The second kappa shape index (κ2) is 11.5. The maximum Gasteiger partial charge on any atom is 0.434 e. The monoisotopic (exact) mass is 560 g/mol. The number of carboxylic acid groups (broad SMARTS) is 1. The van der Waals surface area contributed by atoms with Gasteiger partial charge in [0.05, 0.1) is 6.61 Å². The van der Waals surface area contributed by atoms with Gasteiger partial charge in [-0.05, 0) is 50.8 Å². The number of aliphatic carboxylic acids is 1. The number of piperidine rings is 1. The van der Waals surface area contributed by atoms with Crippen molar-refractivity contribution < 1.29 is 50.5 Å². The van der Waals surface area contributed by atoms with Crippen LogP contribution in [0, 0.1) is 0 Å². The van der Waals surface area contributed by atoms with Gasteiger partial charge in [0, 0.05) is 42.2 Å². The van der Waals surface area contributed by atoms with Crippen LogP contribution in [0.25, 0.3) is 0 Å². The molecule has 0 radical (unpaired) electrons. The van der Waals surface area contributed by atoms with Crippen LogP contribution in [0.2, 0.25) is 5.02 Å². The van der Waals surface area contributed by atoms with Crippen molar-refractivity contribution in [2.75, 3.05) is 26.2 Å². The standard InChI is InChI=1S/C23H27ClF6N2O5/c24-16-5-4-15(17(13-16)36-12-1-3-18(33)34)14-32-9-2-6-21(32)7-10-31(11-8-21)20(35)37-19(22(25,26)27)23(28,29)30/h4-5,13,19H,1-3,6-12,14H2,(H,33,34). The molecule has 0 saturated carbocycles. The quantitative estimate of drug-likeness (QED) is 0.327. The minimum atomic E-state index is -5.76. The Morgan fingerprint density at radius 2 is 1.70 bits per heavy atom. The van der Waals surface area contributed by atoms with Crippen molar-refractivity contribution in [3.8, 4) is 5.75 Å². The molecular weight excluding hydrogens is 534 g/mol. The minimum absolute atomic E-state index is 0.0447. The molecule has 208 valence electrons. The van der Waals surface area contributed by atoms with Gasteiger partial charge in [-0.3, -0.25) is 9.69 Å². The number of hydrogen-bond acceptors (Lipinski definition) is 5. The largest absolute Gasteiger partial charge is 0.493 e. The van der Waals surface area contributed by atoms with E-state index in [1.54, 1.807) is 18.2 Å². The van der Waals surface area contributed by atoms with Crippen LogP contribution in [0.15, 0.2) is 18.2 Å². The predicted molar refractivity (Wildman–Crippen MR) is 119 cm³/mol. The Morgan fingerprint density at radius 3 is 2.30 bits per heavy atom. The van der Waals surface area contributed by atoms with Gasteiger partial charge in [0.25, 0.3) is 6.10 Å². The number of hydrogen-bond donors (Lipinski definition) is 1. The van der Waals surface area contributed by atoms with Crippen LogP contribution in [0.4, 0.5) is 31.1 Å². The Hall–Kier alpha value is -2.41. The Bertz CT molecular complexity index is 952. The first-order valence-electron chi connectivity index (χ1n) is 11.7. The molecule has 0 aliphatic carbocycles. The number of benzene rings is 1. The van der Waals surface area contributed by atoms with Crippen LogP contribution in [0.3, 0.4) is 0 Å². The molecule has 1 aromatic rings. The number of carbonyl (C=O) groups is 2. The lowest BCUT2D eigenvalue weighted by molar-refractivity contribution is -0.308. The molecule has 0 atom stereocenters. The fourth-order valence-corrected chi connectivity index (χ4v) is 4.97. The molecule has 1 amide bonds. The Morgan fingerprint density at radius 1 is 1.05 bits per heavy atom. The fraction of sp³-hybridized carbons (Fsp3) is 0.652. The summed E-state index contributed by atoms with van der Waals surface area (Å²) in [7, 11) is 0. The maximum atomic E-state index is 12.8. The molecule has 0 unspecified atom stereocenters. The van der Waals surface area contributed by atoms with E-state index in [4.69, 9.17) is 21.4 Å². The topological polar surface area (TPSA) is 79.3 Å². The van der Waals surface area contributed by atoms with Gasteiger partial charge in [-0.1, -0.05) is 17.7 Å². The summed E-state index contributed by atoms with van der Waals surface area (Å²) in [6, 6.07) is 5.12. The lowest BCUT2D eigenvalue weighted by atomic mass is 9.85. The number of rotatable bonds is 8. The zero-order valence-electron chi connectivity index (χ0n) is 19.7. The summed E-state index contributed by atoms with van der Waals surface area (Å²) in [4.78, 5) is 25.9. The van der Waals surface area contributed by atoms with E-state index < -0.39 is 30.5 Å².